The first-order chi connectivity index (χ1) is 8.84. The van der Waals surface area contributed by atoms with Crippen LogP contribution in [0.3, 0.4) is 0 Å². The van der Waals surface area contributed by atoms with Gasteiger partial charge in [-0.2, -0.15) is 0 Å². The molecule has 2 heteroatoms. The molecule has 1 heterocycles. The van der Waals surface area contributed by atoms with Crippen LogP contribution in [0.4, 0.5) is 5.69 Å². The maximum atomic E-state index is 10.6. The Balaban J connectivity index is 1.67. The fourth-order valence-electron chi connectivity index (χ4n) is 3.52. The number of benzene rings is 1. The van der Waals surface area contributed by atoms with E-state index in [-0.39, 0.29) is 12.1 Å². The number of rotatable bonds is 2. The lowest BCUT2D eigenvalue weighted by atomic mass is 9.80. The Labute approximate surface area is 109 Å². The molecule has 0 amide bonds. The lowest BCUT2D eigenvalue weighted by Gasteiger charge is -2.36. The van der Waals surface area contributed by atoms with E-state index in [1.165, 1.54) is 43.4 Å². The first-order valence-corrected chi connectivity index (χ1v) is 7.37. The van der Waals surface area contributed by atoms with Crippen molar-refractivity contribution in [3.8, 4) is 0 Å². The predicted molar refractivity (Wildman–Crippen MR) is 74.8 cm³/mol. The van der Waals surface area contributed by atoms with Gasteiger partial charge in [-0.15, -0.1) is 0 Å². The van der Waals surface area contributed by atoms with Gasteiger partial charge in [-0.05, 0) is 43.2 Å². The van der Waals surface area contributed by atoms with Gasteiger partial charge in [-0.1, -0.05) is 37.5 Å². The van der Waals surface area contributed by atoms with Gasteiger partial charge in [0.05, 0.1) is 12.1 Å². The highest BCUT2D eigenvalue weighted by molar-refractivity contribution is 5.53. The molecule has 1 unspecified atom stereocenters. The topological polar surface area (TPSA) is 32.3 Å². The smallest absolute Gasteiger partial charge is 0.0769 e. The van der Waals surface area contributed by atoms with Crippen LogP contribution in [0.2, 0.25) is 0 Å². The SMILES string of the molecule is OC(C1CCCCC1)[C@@H]1CCc2ccccc2N1. The average molecular weight is 245 g/mol. The highest BCUT2D eigenvalue weighted by atomic mass is 16.3. The molecule has 1 fully saturated rings. The van der Waals surface area contributed by atoms with Crippen molar-refractivity contribution in [1.82, 2.24) is 0 Å². The normalized spacial score (nSPS) is 26.2. The van der Waals surface area contributed by atoms with Crippen molar-refractivity contribution >= 4 is 5.69 Å². The third-order valence-corrected chi connectivity index (χ3v) is 4.63. The van der Waals surface area contributed by atoms with Crippen molar-refractivity contribution in [2.75, 3.05) is 5.32 Å². The summed E-state index contributed by atoms with van der Waals surface area (Å²) in [6, 6.07) is 8.74. The molecule has 2 atom stereocenters. The molecule has 98 valence electrons. The Morgan fingerprint density at radius 3 is 2.67 bits per heavy atom. The summed E-state index contributed by atoms with van der Waals surface area (Å²) in [4.78, 5) is 0. The van der Waals surface area contributed by atoms with E-state index in [0.29, 0.717) is 5.92 Å². The molecule has 2 aliphatic rings. The summed E-state index contributed by atoms with van der Waals surface area (Å²) in [6.07, 6.45) is 8.35. The van der Waals surface area contributed by atoms with E-state index in [4.69, 9.17) is 0 Å². The third kappa shape index (κ3) is 2.39. The first-order valence-electron chi connectivity index (χ1n) is 7.37. The highest BCUT2D eigenvalue weighted by Gasteiger charge is 2.30. The maximum Gasteiger partial charge on any atom is 0.0769 e. The molecule has 1 aliphatic carbocycles. The van der Waals surface area contributed by atoms with E-state index >= 15 is 0 Å². The van der Waals surface area contributed by atoms with E-state index in [0.717, 1.165) is 12.8 Å². The molecule has 0 aromatic heterocycles. The summed E-state index contributed by atoms with van der Waals surface area (Å²) in [5, 5.41) is 14.1. The average Bonchev–Trinajstić information content (AvgIpc) is 2.47. The lowest BCUT2D eigenvalue weighted by molar-refractivity contribution is 0.0646. The van der Waals surface area contributed by atoms with Gasteiger partial charge >= 0.3 is 0 Å². The lowest BCUT2D eigenvalue weighted by Crippen LogP contribution is -2.42. The zero-order chi connectivity index (χ0) is 12.4. The Morgan fingerprint density at radius 2 is 1.83 bits per heavy atom. The molecule has 2 N–H and O–H groups in total. The van der Waals surface area contributed by atoms with Crippen LogP contribution in [0.5, 0.6) is 0 Å². The summed E-state index contributed by atoms with van der Waals surface area (Å²) in [5.74, 6) is 0.515. The number of aryl methyl sites for hydroxylation is 1. The molecule has 18 heavy (non-hydrogen) atoms. The van der Waals surface area contributed by atoms with Gasteiger partial charge in [0.15, 0.2) is 0 Å². The van der Waals surface area contributed by atoms with Crippen molar-refractivity contribution in [2.24, 2.45) is 5.92 Å². The molecule has 2 nitrogen and oxygen atoms in total. The van der Waals surface area contributed by atoms with Crippen LogP contribution >= 0.6 is 0 Å². The van der Waals surface area contributed by atoms with Gasteiger partial charge in [-0.3, -0.25) is 0 Å². The summed E-state index contributed by atoms with van der Waals surface area (Å²) in [5.41, 5.74) is 2.62. The van der Waals surface area contributed by atoms with E-state index in [2.05, 4.69) is 29.6 Å². The molecule has 0 saturated heterocycles. The second-order valence-corrected chi connectivity index (χ2v) is 5.84. The van der Waals surface area contributed by atoms with Crippen molar-refractivity contribution in [3.63, 3.8) is 0 Å². The number of fused-ring (bicyclic) bond motifs is 1. The Morgan fingerprint density at radius 1 is 1.06 bits per heavy atom. The van der Waals surface area contributed by atoms with Gasteiger partial charge in [0, 0.05) is 5.69 Å². The van der Waals surface area contributed by atoms with Crippen molar-refractivity contribution in [2.45, 2.75) is 57.1 Å². The number of aliphatic hydroxyl groups excluding tert-OH is 1. The quantitative estimate of drug-likeness (QED) is 0.837. The fraction of sp³-hybridized carbons (Fsp3) is 0.625. The largest absolute Gasteiger partial charge is 0.391 e. The molecule has 1 saturated carbocycles. The van der Waals surface area contributed by atoms with Gasteiger partial charge in [0.2, 0.25) is 0 Å². The number of nitrogens with one attached hydrogen (secondary N) is 1. The third-order valence-electron chi connectivity index (χ3n) is 4.63. The molecule has 3 rings (SSSR count). The summed E-state index contributed by atoms with van der Waals surface area (Å²) in [7, 11) is 0. The number of anilines is 1. The van der Waals surface area contributed by atoms with Crippen LogP contribution in [0.1, 0.15) is 44.1 Å². The molecule has 1 aliphatic heterocycles. The van der Waals surface area contributed by atoms with E-state index < -0.39 is 0 Å². The highest BCUT2D eigenvalue weighted by Crippen LogP contribution is 2.32. The minimum Gasteiger partial charge on any atom is -0.391 e. The zero-order valence-corrected chi connectivity index (χ0v) is 10.9. The second-order valence-electron chi connectivity index (χ2n) is 5.84. The minimum atomic E-state index is -0.168. The maximum absolute atomic E-state index is 10.6. The van der Waals surface area contributed by atoms with Gasteiger partial charge in [0.1, 0.15) is 0 Å². The summed E-state index contributed by atoms with van der Waals surface area (Å²) >= 11 is 0. The van der Waals surface area contributed by atoms with Crippen LogP contribution in [0.25, 0.3) is 0 Å². The predicted octanol–water partition coefficient (Wildman–Crippen LogP) is 3.35. The minimum absolute atomic E-state index is 0.168. The first kappa shape index (κ1) is 12.0. The van der Waals surface area contributed by atoms with E-state index in [9.17, 15) is 5.11 Å². The molecule has 0 spiro atoms. The number of aliphatic hydroxyl groups is 1. The van der Waals surface area contributed by atoms with Crippen LogP contribution in [0, 0.1) is 5.92 Å². The van der Waals surface area contributed by atoms with Gasteiger partial charge in [0.25, 0.3) is 0 Å². The second kappa shape index (κ2) is 5.31. The molecule has 1 aromatic carbocycles. The number of para-hydroxylation sites is 1. The number of hydrogen-bond acceptors (Lipinski definition) is 2. The molecule has 0 radical (unpaired) electrons. The zero-order valence-electron chi connectivity index (χ0n) is 10.9. The van der Waals surface area contributed by atoms with E-state index in [1.54, 1.807) is 0 Å². The van der Waals surface area contributed by atoms with Gasteiger partial charge in [-0.25, -0.2) is 0 Å². The Kier molecular flexibility index (Phi) is 3.55. The standard InChI is InChI=1S/C16H23NO/c18-16(13-7-2-1-3-8-13)15-11-10-12-6-4-5-9-14(12)17-15/h4-6,9,13,15-18H,1-3,7-8,10-11H2/t15-,16?/m0/s1. The van der Waals surface area contributed by atoms with E-state index in [1.807, 2.05) is 0 Å². The molecule has 1 aromatic rings. The number of hydrogen-bond donors (Lipinski definition) is 2. The van der Waals surface area contributed by atoms with Gasteiger partial charge < -0.3 is 10.4 Å². The van der Waals surface area contributed by atoms with Crippen LogP contribution in [-0.2, 0) is 6.42 Å². The molecular weight excluding hydrogens is 222 g/mol. The van der Waals surface area contributed by atoms with Crippen LogP contribution < -0.4 is 5.32 Å². The van der Waals surface area contributed by atoms with Crippen LogP contribution in [-0.4, -0.2) is 17.3 Å². The summed E-state index contributed by atoms with van der Waals surface area (Å²) < 4.78 is 0. The fourth-order valence-corrected chi connectivity index (χ4v) is 3.52. The van der Waals surface area contributed by atoms with Crippen molar-refractivity contribution in [1.29, 1.82) is 0 Å². The Hall–Kier alpha value is -1.02. The molecule has 0 bridgehead atoms. The van der Waals surface area contributed by atoms with Crippen molar-refractivity contribution in [3.05, 3.63) is 29.8 Å². The van der Waals surface area contributed by atoms with Crippen LogP contribution in [0.15, 0.2) is 24.3 Å². The van der Waals surface area contributed by atoms with Crippen molar-refractivity contribution < 1.29 is 5.11 Å². The Bertz CT molecular complexity index is 398. The summed E-state index contributed by atoms with van der Waals surface area (Å²) in [6.45, 7) is 0. The monoisotopic (exact) mass is 245 g/mol. The molecular formula is C16H23NO.